The Balaban J connectivity index is 0.000000282. The molecule has 15 heteroatoms. The number of rotatable bonds is 13. The first-order valence-electron chi connectivity index (χ1n) is 22.1. The molecule has 62 heavy (non-hydrogen) atoms. The van der Waals surface area contributed by atoms with Crippen molar-refractivity contribution in [1.29, 1.82) is 0 Å². The number of hydrogen-bond acceptors (Lipinski definition) is 11. The highest BCUT2D eigenvalue weighted by molar-refractivity contribution is 7.16. The largest absolute Gasteiger partial charge is 0.466 e. The van der Waals surface area contributed by atoms with Crippen molar-refractivity contribution in [3.05, 3.63) is 77.6 Å². The summed E-state index contributed by atoms with van der Waals surface area (Å²) in [5, 5.41) is 32.3. The highest BCUT2D eigenvalue weighted by Crippen LogP contribution is 2.39. The van der Waals surface area contributed by atoms with Gasteiger partial charge in [0.05, 0.1) is 50.7 Å². The number of nitrogens with zero attached hydrogens (tertiary/aromatic N) is 4. The van der Waals surface area contributed by atoms with Crippen molar-refractivity contribution in [1.82, 2.24) is 24.9 Å². The van der Waals surface area contributed by atoms with Crippen LogP contribution in [0.1, 0.15) is 156 Å². The Kier molecular flexibility index (Phi) is 21.0. The number of thiophene rings is 2. The Morgan fingerprint density at radius 3 is 1.52 bits per heavy atom. The van der Waals surface area contributed by atoms with Crippen molar-refractivity contribution in [2.24, 2.45) is 10.8 Å². The first kappa shape index (κ1) is 53.4. The van der Waals surface area contributed by atoms with E-state index in [2.05, 4.69) is 36.0 Å². The SMILES string of the molecule is CC.CC(C)(CO)C(=O)n1nc(C2(C)CCCCC2)cc1CCc1ccc(Cl)s1.CC(C)(CO)C(=O)n1nc(C2(C)CCCNC2)cc1CCc1ccc(Cl)s1.CCOC(C)=O. The quantitative estimate of drug-likeness (QED) is 0.111. The molecule has 0 amide bonds. The van der Waals surface area contributed by atoms with E-state index < -0.39 is 10.8 Å². The summed E-state index contributed by atoms with van der Waals surface area (Å²) < 4.78 is 9.05. The van der Waals surface area contributed by atoms with Crippen LogP contribution in [-0.2, 0) is 46.0 Å². The van der Waals surface area contributed by atoms with Gasteiger partial charge in [-0.25, -0.2) is 9.36 Å². The zero-order valence-electron chi connectivity index (χ0n) is 38.7. The molecule has 4 aromatic rings. The third-order valence-electron chi connectivity index (χ3n) is 11.6. The van der Waals surface area contributed by atoms with Crippen LogP contribution in [0.25, 0.3) is 0 Å². The molecule has 3 N–H and O–H groups in total. The number of carbonyl (C=O) groups excluding carboxylic acids is 3. The van der Waals surface area contributed by atoms with Gasteiger partial charge in [0.15, 0.2) is 0 Å². The zero-order chi connectivity index (χ0) is 46.3. The lowest BCUT2D eigenvalue weighted by Crippen LogP contribution is -2.41. The van der Waals surface area contributed by atoms with Gasteiger partial charge in [0.25, 0.3) is 11.8 Å². The van der Waals surface area contributed by atoms with Gasteiger partial charge in [-0.3, -0.25) is 14.4 Å². The first-order chi connectivity index (χ1) is 29.3. The number of aliphatic hydroxyl groups is 2. The third kappa shape index (κ3) is 14.8. The maximum atomic E-state index is 13.1. The van der Waals surface area contributed by atoms with E-state index in [9.17, 15) is 24.6 Å². The first-order valence-corrected chi connectivity index (χ1v) is 24.5. The fraction of sp³-hybridized carbons (Fsp3) is 0.638. The number of carbonyl (C=O) groups is 3. The van der Waals surface area contributed by atoms with Gasteiger partial charge in [-0.1, -0.05) is 70.2 Å². The lowest BCUT2D eigenvalue weighted by Gasteiger charge is -2.32. The molecule has 346 valence electrons. The van der Waals surface area contributed by atoms with Gasteiger partial charge in [0.2, 0.25) is 0 Å². The molecule has 1 saturated carbocycles. The van der Waals surface area contributed by atoms with Crippen LogP contribution in [0, 0.1) is 10.8 Å². The molecule has 11 nitrogen and oxygen atoms in total. The number of halogens is 2. The summed E-state index contributed by atoms with van der Waals surface area (Å²) in [5.41, 5.74) is 2.04. The van der Waals surface area contributed by atoms with Gasteiger partial charge in [-0.05, 0) is 129 Å². The van der Waals surface area contributed by atoms with Crippen molar-refractivity contribution in [2.75, 3.05) is 32.9 Å². The van der Waals surface area contributed by atoms with Crippen molar-refractivity contribution < 1.29 is 29.3 Å². The molecule has 1 unspecified atom stereocenters. The van der Waals surface area contributed by atoms with E-state index in [0.717, 1.165) is 89.5 Å². The second kappa shape index (κ2) is 24.4. The minimum atomic E-state index is -0.865. The molecule has 0 spiro atoms. The Morgan fingerprint density at radius 1 is 0.742 bits per heavy atom. The summed E-state index contributed by atoms with van der Waals surface area (Å²) >= 11 is 15.2. The van der Waals surface area contributed by atoms with Crippen LogP contribution in [-0.4, -0.2) is 80.5 Å². The van der Waals surface area contributed by atoms with E-state index in [4.69, 9.17) is 33.4 Å². The summed E-state index contributed by atoms with van der Waals surface area (Å²) in [4.78, 5) is 38.3. The van der Waals surface area contributed by atoms with E-state index in [1.54, 1.807) is 62.0 Å². The van der Waals surface area contributed by atoms with Gasteiger partial charge >= 0.3 is 5.97 Å². The van der Waals surface area contributed by atoms with Crippen LogP contribution < -0.4 is 5.32 Å². The number of ether oxygens (including phenoxy) is 1. The van der Waals surface area contributed by atoms with Gasteiger partial charge in [-0.15, -0.1) is 22.7 Å². The smallest absolute Gasteiger partial charge is 0.302 e. The van der Waals surface area contributed by atoms with Crippen LogP contribution in [0.15, 0.2) is 36.4 Å². The summed E-state index contributed by atoms with van der Waals surface area (Å²) in [6.07, 6.45) is 11.1. The van der Waals surface area contributed by atoms with Crippen LogP contribution in [0.5, 0.6) is 0 Å². The predicted octanol–water partition coefficient (Wildman–Crippen LogP) is 10.5. The van der Waals surface area contributed by atoms with E-state index in [1.807, 2.05) is 38.1 Å². The molecule has 1 saturated heterocycles. The molecule has 0 bridgehead atoms. The minimum absolute atomic E-state index is 0.0358. The van der Waals surface area contributed by atoms with Gasteiger partial charge in [0.1, 0.15) is 0 Å². The van der Waals surface area contributed by atoms with Gasteiger partial charge in [0, 0.05) is 45.4 Å². The average Bonchev–Trinajstić information content (AvgIpc) is 4.08. The summed E-state index contributed by atoms with van der Waals surface area (Å²) in [6.45, 7) is 20.6. The number of aryl methyl sites for hydroxylation is 4. The van der Waals surface area contributed by atoms with Crippen molar-refractivity contribution in [3.8, 4) is 0 Å². The molecule has 5 heterocycles. The number of esters is 1. The normalized spacial score (nSPS) is 17.4. The highest BCUT2D eigenvalue weighted by Gasteiger charge is 2.37. The number of piperidine rings is 1. The fourth-order valence-electron chi connectivity index (χ4n) is 7.39. The summed E-state index contributed by atoms with van der Waals surface area (Å²) in [7, 11) is 0. The molecular weight excluding hydrogens is 866 g/mol. The number of aliphatic hydroxyl groups excluding tert-OH is 2. The molecule has 2 aliphatic rings. The van der Waals surface area contributed by atoms with Crippen molar-refractivity contribution >= 4 is 63.7 Å². The maximum absolute atomic E-state index is 13.1. The van der Waals surface area contributed by atoms with Crippen LogP contribution in [0.3, 0.4) is 0 Å². The van der Waals surface area contributed by atoms with E-state index >= 15 is 0 Å². The molecule has 2 fully saturated rings. The monoisotopic (exact) mass is 935 g/mol. The molecular formula is C47H71Cl2N5O6S2. The second-order valence-electron chi connectivity index (χ2n) is 17.9. The van der Waals surface area contributed by atoms with Crippen LogP contribution >= 0.6 is 45.9 Å². The molecule has 1 atom stereocenters. The molecule has 6 rings (SSSR count). The van der Waals surface area contributed by atoms with Gasteiger partial charge < -0.3 is 20.3 Å². The minimum Gasteiger partial charge on any atom is -0.466 e. The van der Waals surface area contributed by atoms with Crippen molar-refractivity contribution in [3.63, 3.8) is 0 Å². The van der Waals surface area contributed by atoms with Crippen molar-refractivity contribution in [2.45, 2.75) is 151 Å². The number of nitrogens with one attached hydrogen (secondary N) is 1. The molecule has 4 aromatic heterocycles. The van der Waals surface area contributed by atoms with E-state index in [1.165, 1.54) is 40.6 Å². The Labute approximate surface area is 387 Å². The van der Waals surface area contributed by atoms with E-state index in [0.29, 0.717) is 13.0 Å². The van der Waals surface area contributed by atoms with Crippen LogP contribution in [0.2, 0.25) is 8.67 Å². The zero-order valence-corrected chi connectivity index (χ0v) is 41.8. The number of hydrogen-bond donors (Lipinski definition) is 3. The standard InChI is InChI=1S/C21H29ClN2O2S.C20H28ClN3O2S.C4H8O2.C2H6/c1-20(2,14-25)19(26)24-15(7-8-16-9-10-18(22)27-16)13-17(23-24)21(3)11-5-4-6-12-21;1-19(2,13-25)18(26)24-14(5-6-15-7-8-17(21)27-15)11-16(23-24)20(3)9-4-10-22-12-20;1-3-6-4(2)5;1-2/h9-10,13,25H,4-8,11-12,14H2,1-3H3;7-8,11,22,25H,4-6,9-10,12-13H2,1-3H3;3H2,1-2H3;1-2H3. The Bertz CT molecular complexity index is 1890. The molecule has 0 radical (unpaired) electrons. The molecule has 1 aliphatic heterocycles. The fourth-order valence-corrected chi connectivity index (χ4v) is 9.56. The average molecular weight is 937 g/mol. The Morgan fingerprint density at radius 2 is 1.18 bits per heavy atom. The topological polar surface area (TPSA) is 149 Å². The lowest BCUT2D eigenvalue weighted by atomic mass is 9.73. The molecule has 1 aliphatic carbocycles. The maximum Gasteiger partial charge on any atom is 0.302 e. The summed E-state index contributed by atoms with van der Waals surface area (Å²) in [5.74, 6) is -0.518. The van der Waals surface area contributed by atoms with E-state index in [-0.39, 0.29) is 41.8 Å². The molecule has 0 aromatic carbocycles. The third-order valence-corrected chi connectivity index (χ3v) is 14.1. The predicted molar refractivity (Wildman–Crippen MR) is 254 cm³/mol. The van der Waals surface area contributed by atoms with Crippen LogP contribution in [0.4, 0.5) is 0 Å². The Hall–Kier alpha value is -2.91. The number of aromatic nitrogens is 4. The summed E-state index contributed by atoms with van der Waals surface area (Å²) in [6, 6.07) is 12.1. The second-order valence-corrected chi connectivity index (χ2v) is 21.5. The highest BCUT2D eigenvalue weighted by atomic mass is 35.5. The van der Waals surface area contributed by atoms with Gasteiger partial charge in [-0.2, -0.15) is 10.2 Å². The lowest BCUT2D eigenvalue weighted by molar-refractivity contribution is -0.140.